The van der Waals surface area contributed by atoms with Gasteiger partial charge in [-0.2, -0.15) is 0 Å². The zero-order chi connectivity index (χ0) is 12.8. The number of carbonyl (C=O) groups excluding carboxylic acids is 1. The van der Waals surface area contributed by atoms with Crippen molar-refractivity contribution in [1.29, 1.82) is 0 Å². The molecule has 0 spiro atoms. The summed E-state index contributed by atoms with van der Waals surface area (Å²) in [5.74, 6) is 2.17. The van der Waals surface area contributed by atoms with Gasteiger partial charge in [0.05, 0.1) is 14.2 Å². The predicted molar refractivity (Wildman–Crippen MR) is 67.9 cm³/mol. The van der Waals surface area contributed by atoms with Gasteiger partial charge in [0.2, 0.25) is 0 Å². The van der Waals surface area contributed by atoms with Gasteiger partial charge in [-0.25, -0.2) is 0 Å². The maximum Gasteiger partial charge on any atom is 0.129 e. The largest absolute Gasteiger partial charge is 0.497 e. The zero-order valence-corrected chi connectivity index (χ0v) is 10.9. The van der Waals surface area contributed by atoms with Gasteiger partial charge in [-0.1, -0.05) is 6.92 Å². The molecule has 0 aliphatic carbocycles. The van der Waals surface area contributed by atoms with E-state index in [1.165, 1.54) is 0 Å². The molecule has 0 N–H and O–H groups in total. The van der Waals surface area contributed by atoms with Crippen LogP contribution in [0.2, 0.25) is 0 Å². The van der Waals surface area contributed by atoms with E-state index in [1.807, 2.05) is 18.2 Å². The molecule has 0 aliphatic heterocycles. The van der Waals surface area contributed by atoms with Crippen molar-refractivity contribution in [2.45, 2.75) is 32.6 Å². The molecular formula is C14H20O3. The molecule has 17 heavy (non-hydrogen) atoms. The van der Waals surface area contributed by atoms with Crippen LogP contribution in [0.25, 0.3) is 0 Å². The highest BCUT2D eigenvalue weighted by Gasteiger charge is 2.13. The van der Waals surface area contributed by atoms with Gasteiger partial charge in [0.25, 0.3) is 0 Å². The van der Waals surface area contributed by atoms with Crippen molar-refractivity contribution in [2.75, 3.05) is 14.2 Å². The Hall–Kier alpha value is -1.51. The molecule has 0 saturated carbocycles. The van der Waals surface area contributed by atoms with Crippen molar-refractivity contribution in [3.05, 3.63) is 23.8 Å². The second kappa shape index (κ2) is 6.28. The van der Waals surface area contributed by atoms with Crippen molar-refractivity contribution in [3.63, 3.8) is 0 Å². The summed E-state index contributed by atoms with van der Waals surface area (Å²) in [7, 11) is 3.30. The summed E-state index contributed by atoms with van der Waals surface area (Å²) in [6.45, 7) is 3.72. The number of hydrogen-bond acceptors (Lipinski definition) is 3. The first kappa shape index (κ1) is 13.6. The molecule has 0 radical (unpaired) electrons. The first-order chi connectivity index (χ1) is 8.08. The summed E-state index contributed by atoms with van der Waals surface area (Å²) >= 11 is 0. The van der Waals surface area contributed by atoms with Crippen LogP contribution >= 0.6 is 0 Å². The zero-order valence-electron chi connectivity index (χ0n) is 10.9. The quantitative estimate of drug-likeness (QED) is 0.761. The topological polar surface area (TPSA) is 35.5 Å². The van der Waals surface area contributed by atoms with E-state index in [9.17, 15) is 4.79 Å². The average molecular weight is 236 g/mol. The SMILES string of the molecule is COc1ccc(OC)c(C(C)CCC(C)=O)c1. The van der Waals surface area contributed by atoms with E-state index in [1.54, 1.807) is 21.1 Å². The van der Waals surface area contributed by atoms with Crippen molar-refractivity contribution in [3.8, 4) is 11.5 Å². The van der Waals surface area contributed by atoms with Gasteiger partial charge in [0, 0.05) is 12.0 Å². The second-order valence-electron chi connectivity index (χ2n) is 4.25. The fourth-order valence-electron chi connectivity index (χ4n) is 1.80. The lowest BCUT2D eigenvalue weighted by molar-refractivity contribution is -0.117. The summed E-state index contributed by atoms with van der Waals surface area (Å²) in [4.78, 5) is 11.0. The molecule has 0 fully saturated rings. The van der Waals surface area contributed by atoms with Crippen LogP contribution in [0.5, 0.6) is 11.5 Å². The van der Waals surface area contributed by atoms with Gasteiger partial charge < -0.3 is 14.3 Å². The number of ether oxygens (including phenoxy) is 2. The third-order valence-electron chi connectivity index (χ3n) is 2.90. The van der Waals surface area contributed by atoms with Gasteiger partial charge in [0.1, 0.15) is 17.3 Å². The van der Waals surface area contributed by atoms with E-state index >= 15 is 0 Å². The van der Waals surface area contributed by atoms with E-state index in [-0.39, 0.29) is 11.7 Å². The molecule has 3 heteroatoms. The lowest BCUT2D eigenvalue weighted by Gasteiger charge is -2.16. The third-order valence-corrected chi connectivity index (χ3v) is 2.90. The van der Waals surface area contributed by atoms with Crippen molar-refractivity contribution in [1.82, 2.24) is 0 Å². The van der Waals surface area contributed by atoms with E-state index in [2.05, 4.69) is 6.92 Å². The van der Waals surface area contributed by atoms with E-state index in [0.29, 0.717) is 6.42 Å². The molecule has 1 rings (SSSR count). The highest BCUT2D eigenvalue weighted by molar-refractivity contribution is 5.75. The highest BCUT2D eigenvalue weighted by Crippen LogP contribution is 2.32. The molecule has 1 atom stereocenters. The summed E-state index contributed by atoms with van der Waals surface area (Å²) in [6, 6.07) is 5.75. The van der Waals surface area contributed by atoms with Gasteiger partial charge in [-0.15, -0.1) is 0 Å². The van der Waals surface area contributed by atoms with Gasteiger partial charge >= 0.3 is 0 Å². The standard InChI is InChI=1S/C14H20O3/c1-10(5-6-11(2)15)13-9-12(16-3)7-8-14(13)17-4/h7-10H,5-6H2,1-4H3. The first-order valence-electron chi connectivity index (χ1n) is 5.79. The summed E-state index contributed by atoms with van der Waals surface area (Å²) in [6.07, 6.45) is 1.43. The number of hydrogen-bond donors (Lipinski definition) is 0. The van der Waals surface area contributed by atoms with Gasteiger partial charge in [-0.3, -0.25) is 0 Å². The van der Waals surface area contributed by atoms with Crippen LogP contribution in [0.1, 0.15) is 38.2 Å². The smallest absolute Gasteiger partial charge is 0.129 e. The lowest BCUT2D eigenvalue weighted by Crippen LogP contribution is -2.01. The molecule has 0 aliphatic rings. The van der Waals surface area contributed by atoms with E-state index < -0.39 is 0 Å². The summed E-state index contributed by atoms with van der Waals surface area (Å²) in [5.41, 5.74) is 1.09. The van der Waals surface area contributed by atoms with Crippen LogP contribution < -0.4 is 9.47 Å². The Bertz CT molecular complexity index is 385. The number of rotatable bonds is 6. The molecule has 3 nitrogen and oxygen atoms in total. The fraction of sp³-hybridized carbons (Fsp3) is 0.500. The van der Waals surface area contributed by atoms with Crippen LogP contribution in [-0.4, -0.2) is 20.0 Å². The number of methoxy groups -OCH3 is 2. The molecule has 0 bridgehead atoms. The molecule has 0 heterocycles. The minimum absolute atomic E-state index is 0.221. The molecule has 94 valence electrons. The highest BCUT2D eigenvalue weighted by atomic mass is 16.5. The molecule has 0 aromatic heterocycles. The number of ketones is 1. The van der Waals surface area contributed by atoms with Crippen LogP contribution in [0.15, 0.2) is 18.2 Å². The van der Waals surface area contributed by atoms with E-state index in [4.69, 9.17) is 9.47 Å². The maximum atomic E-state index is 11.0. The predicted octanol–water partition coefficient (Wildman–Crippen LogP) is 3.18. The number of benzene rings is 1. The normalized spacial score (nSPS) is 12.0. The molecular weight excluding hydrogens is 216 g/mol. The minimum atomic E-state index is 0.221. The Morgan fingerprint density at radius 3 is 2.53 bits per heavy atom. The minimum Gasteiger partial charge on any atom is -0.497 e. The van der Waals surface area contributed by atoms with Gasteiger partial charge in [0.15, 0.2) is 0 Å². The Morgan fingerprint density at radius 2 is 2.00 bits per heavy atom. The molecule has 1 aromatic carbocycles. The summed E-state index contributed by atoms with van der Waals surface area (Å²) < 4.78 is 10.5. The van der Waals surface area contributed by atoms with Crippen molar-refractivity contribution >= 4 is 5.78 Å². The average Bonchev–Trinajstić information content (AvgIpc) is 2.34. The Morgan fingerprint density at radius 1 is 1.29 bits per heavy atom. The second-order valence-corrected chi connectivity index (χ2v) is 4.25. The maximum absolute atomic E-state index is 11.0. The van der Waals surface area contributed by atoms with Crippen LogP contribution in [0, 0.1) is 0 Å². The lowest BCUT2D eigenvalue weighted by atomic mass is 9.94. The summed E-state index contributed by atoms with van der Waals surface area (Å²) in [5, 5.41) is 0. The number of carbonyl (C=O) groups is 1. The Labute approximate surface area is 103 Å². The Balaban J connectivity index is 2.88. The molecule has 0 saturated heterocycles. The number of Topliss-reactive ketones (excluding diaryl/α,β-unsaturated/α-hetero) is 1. The Kier molecular flexibility index (Phi) is 5.01. The third kappa shape index (κ3) is 3.77. The van der Waals surface area contributed by atoms with Crippen molar-refractivity contribution < 1.29 is 14.3 Å². The van der Waals surface area contributed by atoms with Crippen LogP contribution in [0.4, 0.5) is 0 Å². The molecule has 1 aromatic rings. The van der Waals surface area contributed by atoms with E-state index in [0.717, 1.165) is 23.5 Å². The molecule has 1 unspecified atom stereocenters. The van der Waals surface area contributed by atoms with Crippen LogP contribution in [-0.2, 0) is 4.79 Å². The monoisotopic (exact) mass is 236 g/mol. The van der Waals surface area contributed by atoms with Crippen LogP contribution in [0.3, 0.4) is 0 Å². The van der Waals surface area contributed by atoms with Gasteiger partial charge in [-0.05, 0) is 37.5 Å². The fourth-order valence-corrected chi connectivity index (χ4v) is 1.80. The first-order valence-corrected chi connectivity index (χ1v) is 5.79. The van der Waals surface area contributed by atoms with Crippen molar-refractivity contribution in [2.24, 2.45) is 0 Å². The molecule has 0 amide bonds.